The highest BCUT2D eigenvalue weighted by Crippen LogP contribution is 2.17. The minimum atomic E-state index is -0.662. The maximum Gasteiger partial charge on any atom is 0.316 e. The van der Waals surface area contributed by atoms with E-state index < -0.39 is 11.9 Å². The van der Waals surface area contributed by atoms with E-state index in [1.54, 1.807) is 6.92 Å². The molecule has 0 unspecified atom stereocenters. The predicted molar refractivity (Wildman–Crippen MR) is 70.1 cm³/mol. The number of Topliss-reactive ketones (excluding diaryl/α,β-unsaturated/α-hetero) is 1. The van der Waals surface area contributed by atoms with Gasteiger partial charge in [-0.05, 0) is 18.4 Å². The summed E-state index contributed by atoms with van der Waals surface area (Å²) < 4.78 is 4.96. The molecule has 3 nitrogen and oxygen atoms in total. The van der Waals surface area contributed by atoms with Crippen LogP contribution in [0.2, 0.25) is 0 Å². The Morgan fingerprint density at radius 3 is 2.28 bits per heavy atom. The summed E-state index contributed by atoms with van der Waals surface area (Å²) in [6.45, 7) is 5.78. The van der Waals surface area contributed by atoms with Gasteiger partial charge in [0.2, 0.25) is 0 Å². The maximum absolute atomic E-state index is 12.2. The van der Waals surface area contributed by atoms with Crippen LogP contribution in [-0.4, -0.2) is 18.4 Å². The van der Waals surface area contributed by atoms with Gasteiger partial charge < -0.3 is 4.74 Å². The molecule has 98 valence electrons. The second kappa shape index (κ2) is 6.94. The largest absolute Gasteiger partial charge is 0.465 e. The number of benzene rings is 1. The Kier molecular flexibility index (Phi) is 5.56. The fourth-order valence-electron chi connectivity index (χ4n) is 1.91. The smallest absolute Gasteiger partial charge is 0.316 e. The second-order valence-corrected chi connectivity index (χ2v) is 4.60. The van der Waals surface area contributed by atoms with Crippen molar-refractivity contribution >= 4 is 11.8 Å². The Bertz CT molecular complexity index is 395. The summed E-state index contributed by atoms with van der Waals surface area (Å²) in [6.07, 6.45) is 0.280. The molecule has 0 aliphatic heterocycles. The minimum absolute atomic E-state index is 0.0414. The second-order valence-electron chi connectivity index (χ2n) is 4.60. The first-order valence-corrected chi connectivity index (χ1v) is 6.29. The fourth-order valence-corrected chi connectivity index (χ4v) is 1.91. The van der Waals surface area contributed by atoms with E-state index in [9.17, 15) is 9.59 Å². The number of ketones is 1. The van der Waals surface area contributed by atoms with E-state index in [4.69, 9.17) is 4.74 Å². The molecule has 0 fully saturated rings. The molecule has 18 heavy (non-hydrogen) atoms. The van der Waals surface area contributed by atoms with Crippen LogP contribution in [-0.2, 0) is 20.7 Å². The summed E-state index contributed by atoms with van der Waals surface area (Å²) in [6, 6.07) is 9.45. The number of esters is 1. The van der Waals surface area contributed by atoms with Gasteiger partial charge in [-0.15, -0.1) is 0 Å². The van der Waals surface area contributed by atoms with Crippen molar-refractivity contribution < 1.29 is 14.3 Å². The van der Waals surface area contributed by atoms with Crippen molar-refractivity contribution in [1.82, 2.24) is 0 Å². The first-order valence-electron chi connectivity index (χ1n) is 6.29. The minimum Gasteiger partial charge on any atom is -0.465 e. The lowest BCUT2D eigenvalue weighted by molar-refractivity contribution is -0.153. The maximum atomic E-state index is 12.2. The molecular formula is C15H20O3. The highest BCUT2D eigenvalue weighted by molar-refractivity contribution is 6.00. The van der Waals surface area contributed by atoms with Crippen LogP contribution in [0.25, 0.3) is 0 Å². The number of carbonyl (C=O) groups excluding carboxylic acids is 2. The molecule has 0 aliphatic carbocycles. The molecule has 1 aromatic rings. The summed E-state index contributed by atoms with van der Waals surface area (Å²) in [5, 5.41) is 0. The molecule has 0 heterocycles. The van der Waals surface area contributed by atoms with Crippen molar-refractivity contribution in [2.24, 2.45) is 11.8 Å². The van der Waals surface area contributed by atoms with E-state index in [-0.39, 0.29) is 18.1 Å². The zero-order chi connectivity index (χ0) is 13.5. The van der Waals surface area contributed by atoms with E-state index in [0.29, 0.717) is 6.61 Å². The van der Waals surface area contributed by atoms with Crippen molar-refractivity contribution in [3.8, 4) is 0 Å². The average molecular weight is 248 g/mol. The third-order valence-electron chi connectivity index (χ3n) is 2.78. The summed E-state index contributed by atoms with van der Waals surface area (Å²) in [5.41, 5.74) is 0.928. The van der Waals surface area contributed by atoms with E-state index >= 15 is 0 Å². The molecule has 0 amide bonds. The highest BCUT2D eigenvalue weighted by Gasteiger charge is 2.30. The summed E-state index contributed by atoms with van der Waals surface area (Å²) >= 11 is 0. The molecule has 0 saturated heterocycles. The van der Waals surface area contributed by atoms with Crippen LogP contribution in [0.3, 0.4) is 0 Å². The molecular weight excluding hydrogens is 228 g/mol. The number of ether oxygens (including phenoxy) is 1. The number of hydrogen-bond donors (Lipinski definition) is 0. The molecule has 0 saturated carbocycles. The fraction of sp³-hybridized carbons (Fsp3) is 0.467. The molecule has 0 aliphatic rings. The van der Waals surface area contributed by atoms with E-state index in [1.165, 1.54) is 0 Å². The lowest BCUT2D eigenvalue weighted by atomic mass is 9.88. The SMILES string of the molecule is CCOC(=O)[C@H](C(=O)Cc1ccccc1)C(C)C. The van der Waals surface area contributed by atoms with Crippen molar-refractivity contribution in [3.63, 3.8) is 0 Å². The first kappa shape index (κ1) is 14.4. The Balaban J connectivity index is 2.75. The van der Waals surface area contributed by atoms with E-state index in [2.05, 4.69) is 0 Å². The van der Waals surface area contributed by atoms with Crippen molar-refractivity contribution in [2.75, 3.05) is 6.61 Å². The van der Waals surface area contributed by atoms with Crippen LogP contribution in [0, 0.1) is 11.8 Å². The van der Waals surface area contributed by atoms with Crippen LogP contribution in [0.15, 0.2) is 30.3 Å². The zero-order valence-electron chi connectivity index (χ0n) is 11.2. The van der Waals surface area contributed by atoms with E-state index in [0.717, 1.165) is 5.56 Å². The van der Waals surface area contributed by atoms with Crippen molar-refractivity contribution in [2.45, 2.75) is 27.2 Å². The molecule has 0 radical (unpaired) electrons. The third-order valence-corrected chi connectivity index (χ3v) is 2.78. The third kappa shape index (κ3) is 3.99. The summed E-state index contributed by atoms with van der Waals surface area (Å²) in [4.78, 5) is 23.9. The van der Waals surface area contributed by atoms with Gasteiger partial charge in [-0.1, -0.05) is 44.2 Å². The van der Waals surface area contributed by atoms with Gasteiger partial charge in [0.1, 0.15) is 5.92 Å². The highest BCUT2D eigenvalue weighted by atomic mass is 16.5. The number of hydrogen-bond acceptors (Lipinski definition) is 3. The van der Waals surface area contributed by atoms with Crippen LogP contribution >= 0.6 is 0 Å². The predicted octanol–water partition coefficient (Wildman–Crippen LogP) is 2.63. The van der Waals surface area contributed by atoms with Crippen LogP contribution < -0.4 is 0 Å². The Hall–Kier alpha value is -1.64. The molecule has 0 spiro atoms. The van der Waals surface area contributed by atoms with Gasteiger partial charge in [-0.3, -0.25) is 9.59 Å². The lowest BCUT2D eigenvalue weighted by Gasteiger charge is -2.17. The van der Waals surface area contributed by atoms with Crippen molar-refractivity contribution in [1.29, 1.82) is 0 Å². The van der Waals surface area contributed by atoms with Gasteiger partial charge >= 0.3 is 5.97 Å². The normalized spacial score (nSPS) is 12.2. The number of rotatable bonds is 6. The van der Waals surface area contributed by atoms with Gasteiger partial charge in [0, 0.05) is 6.42 Å². The molecule has 0 bridgehead atoms. The number of carbonyl (C=O) groups is 2. The van der Waals surface area contributed by atoms with E-state index in [1.807, 2.05) is 44.2 Å². The molecule has 1 atom stereocenters. The Labute approximate surface area is 108 Å². The Morgan fingerprint density at radius 2 is 1.78 bits per heavy atom. The van der Waals surface area contributed by atoms with Crippen LogP contribution in [0.4, 0.5) is 0 Å². The van der Waals surface area contributed by atoms with Crippen LogP contribution in [0.5, 0.6) is 0 Å². The average Bonchev–Trinajstić information content (AvgIpc) is 2.30. The van der Waals surface area contributed by atoms with Crippen LogP contribution in [0.1, 0.15) is 26.3 Å². The quantitative estimate of drug-likeness (QED) is 0.574. The lowest BCUT2D eigenvalue weighted by Crippen LogP contribution is -2.31. The van der Waals surface area contributed by atoms with Gasteiger partial charge in [-0.2, -0.15) is 0 Å². The molecule has 0 N–H and O–H groups in total. The molecule has 0 aromatic heterocycles. The topological polar surface area (TPSA) is 43.4 Å². The van der Waals surface area contributed by atoms with Gasteiger partial charge in [0.05, 0.1) is 6.61 Å². The standard InChI is InChI=1S/C15H20O3/c1-4-18-15(17)14(11(2)3)13(16)10-12-8-6-5-7-9-12/h5-9,11,14H,4,10H2,1-3H3/t14-/m0/s1. The van der Waals surface area contributed by atoms with Crippen molar-refractivity contribution in [3.05, 3.63) is 35.9 Å². The molecule has 1 aromatic carbocycles. The monoisotopic (exact) mass is 248 g/mol. The van der Waals surface area contributed by atoms with Gasteiger partial charge in [0.15, 0.2) is 5.78 Å². The summed E-state index contributed by atoms with van der Waals surface area (Å²) in [7, 11) is 0. The first-order chi connectivity index (χ1) is 8.56. The Morgan fingerprint density at radius 1 is 1.17 bits per heavy atom. The zero-order valence-corrected chi connectivity index (χ0v) is 11.2. The molecule has 3 heteroatoms. The summed E-state index contributed by atoms with van der Waals surface area (Å²) in [5.74, 6) is -1.19. The van der Waals surface area contributed by atoms with Gasteiger partial charge in [-0.25, -0.2) is 0 Å². The van der Waals surface area contributed by atoms with Gasteiger partial charge in [0.25, 0.3) is 0 Å². The molecule has 1 rings (SSSR count).